The molecule has 0 bridgehead atoms. The van der Waals surface area contributed by atoms with Crippen molar-refractivity contribution in [1.29, 1.82) is 0 Å². The monoisotopic (exact) mass is 514 g/mol. The van der Waals surface area contributed by atoms with Crippen molar-refractivity contribution in [3.05, 3.63) is 78.5 Å². The molecule has 0 spiro atoms. The van der Waals surface area contributed by atoms with Crippen LogP contribution in [0, 0.1) is 0 Å². The van der Waals surface area contributed by atoms with Crippen LogP contribution in [-0.4, -0.2) is 78.8 Å². The summed E-state index contributed by atoms with van der Waals surface area (Å²) in [5, 5.41) is 0. The molecule has 6 rings (SSSR count). The Morgan fingerprint density at radius 1 is 0.895 bits per heavy atom. The average molecular weight is 515 g/mol. The van der Waals surface area contributed by atoms with E-state index in [1.54, 1.807) is 0 Å². The Kier molecular flexibility index (Phi) is 7.31. The van der Waals surface area contributed by atoms with Crippen LogP contribution in [-0.2, 0) is 11.3 Å². The smallest absolute Gasteiger partial charge is 0.267 e. The first-order valence-electron chi connectivity index (χ1n) is 13.5. The van der Waals surface area contributed by atoms with E-state index in [9.17, 15) is 4.79 Å². The van der Waals surface area contributed by atoms with Crippen molar-refractivity contribution < 1.29 is 19.0 Å². The second-order valence-corrected chi connectivity index (χ2v) is 10.1. The van der Waals surface area contributed by atoms with Gasteiger partial charge in [0.2, 0.25) is 6.10 Å². The van der Waals surface area contributed by atoms with Gasteiger partial charge >= 0.3 is 0 Å². The number of para-hydroxylation sites is 2. The van der Waals surface area contributed by atoms with Crippen molar-refractivity contribution in [1.82, 2.24) is 14.8 Å². The number of aromatic nitrogens is 1. The lowest BCUT2D eigenvalue weighted by molar-refractivity contribution is -0.143. The van der Waals surface area contributed by atoms with E-state index in [0.717, 1.165) is 57.1 Å². The van der Waals surface area contributed by atoms with E-state index >= 15 is 0 Å². The minimum atomic E-state index is -0.593. The highest BCUT2D eigenvalue weighted by Crippen LogP contribution is 2.31. The summed E-state index contributed by atoms with van der Waals surface area (Å²) < 4.78 is 18.0. The number of carbonyl (C=O) groups excluding carboxylic acids is 1. The number of amides is 1. The number of hydrogen-bond donors (Lipinski definition) is 0. The largest absolute Gasteiger partial charge is 0.490 e. The number of carbonyl (C=O) groups is 1. The Morgan fingerprint density at radius 3 is 2.47 bits per heavy atom. The molecule has 4 heterocycles. The number of anilines is 1. The third-order valence-electron chi connectivity index (χ3n) is 7.49. The first-order chi connectivity index (χ1) is 18.7. The first-order valence-corrected chi connectivity index (χ1v) is 13.5. The van der Waals surface area contributed by atoms with E-state index in [4.69, 9.17) is 14.2 Å². The minimum Gasteiger partial charge on any atom is -0.490 e. The Balaban J connectivity index is 0.966. The SMILES string of the molecule is O=C(C1COc2ccccc2O1)N1CCC(Oc2cccc(CN3CCN(c4ccccn4)CC3)c2)CC1. The Labute approximate surface area is 223 Å². The van der Waals surface area contributed by atoms with Gasteiger partial charge in [0.15, 0.2) is 11.5 Å². The number of likely N-dealkylation sites (tertiary alicyclic amines) is 1. The molecule has 0 aliphatic carbocycles. The van der Waals surface area contributed by atoms with E-state index in [0.29, 0.717) is 24.6 Å². The van der Waals surface area contributed by atoms with Crippen LogP contribution in [0.5, 0.6) is 17.2 Å². The molecule has 1 amide bonds. The molecule has 198 valence electrons. The third-order valence-corrected chi connectivity index (χ3v) is 7.49. The summed E-state index contributed by atoms with van der Waals surface area (Å²) in [7, 11) is 0. The highest BCUT2D eigenvalue weighted by molar-refractivity contribution is 5.82. The number of piperidine rings is 1. The van der Waals surface area contributed by atoms with Gasteiger partial charge in [-0.3, -0.25) is 9.69 Å². The summed E-state index contributed by atoms with van der Waals surface area (Å²) in [6.45, 7) is 6.45. The lowest BCUT2D eigenvalue weighted by atomic mass is 10.1. The maximum Gasteiger partial charge on any atom is 0.267 e. The van der Waals surface area contributed by atoms with Gasteiger partial charge < -0.3 is 24.0 Å². The summed E-state index contributed by atoms with van der Waals surface area (Å²) >= 11 is 0. The third kappa shape index (κ3) is 5.70. The molecule has 1 atom stereocenters. The first kappa shape index (κ1) is 24.6. The molecule has 3 aliphatic rings. The van der Waals surface area contributed by atoms with Gasteiger partial charge in [0.1, 0.15) is 24.3 Å². The van der Waals surface area contributed by atoms with Crippen LogP contribution >= 0.6 is 0 Å². The number of ether oxygens (including phenoxy) is 3. The Morgan fingerprint density at radius 2 is 1.68 bits per heavy atom. The molecule has 3 aromatic rings. The Bertz CT molecular complexity index is 1220. The van der Waals surface area contributed by atoms with E-state index < -0.39 is 6.10 Å². The topological polar surface area (TPSA) is 67.4 Å². The predicted molar refractivity (Wildman–Crippen MR) is 145 cm³/mol. The number of pyridine rings is 1. The van der Waals surface area contributed by atoms with E-state index in [1.807, 2.05) is 53.6 Å². The number of hydrogen-bond acceptors (Lipinski definition) is 7. The molecule has 0 saturated carbocycles. The van der Waals surface area contributed by atoms with E-state index in [-0.39, 0.29) is 18.6 Å². The molecule has 1 unspecified atom stereocenters. The van der Waals surface area contributed by atoms with Crippen LogP contribution in [0.1, 0.15) is 18.4 Å². The molecule has 0 N–H and O–H groups in total. The van der Waals surface area contributed by atoms with E-state index in [1.165, 1.54) is 5.56 Å². The molecule has 2 saturated heterocycles. The maximum atomic E-state index is 13.0. The molecular formula is C30H34N4O4. The fourth-order valence-corrected chi connectivity index (χ4v) is 5.38. The molecule has 2 aromatic carbocycles. The van der Waals surface area contributed by atoms with Gasteiger partial charge in [0.05, 0.1) is 0 Å². The fraction of sp³-hybridized carbons (Fsp3) is 0.400. The summed E-state index contributed by atoms with van der Waals surface area (Å²) in [6, 6.07) is 22.0. The summed E-state index contributed by atoms with van der Waals surface area (Å²) in [4.78, 5) is 24.2. The highest BCUT2D eigenvalue weighted by Gasteiger charge is 2.33. The molecule has 3 aliphatic heterocycles. The van der Waals surface area contributed by atoms with Gasteiger partial charge in [-0.25, -0.2) is 4.98 Å². The standard InChI is InChI=1S/C30H34N4O4/c35-30(28-22-36-26-8-1-2-9-27(26)38-28)34-14-11-24(12-15-34)37-25-7-5-6-23(20-25)21-32-16-18-33(19-17-32)29-10-3-4-13-31-29/h1-10,13,20,24,28H,11-12,14-19,21-22H2. The molecular weight excluding hydrogens is 480 g/mol. The fourth-order valence-electron chi connectivity index (χ4n) is 5.38. The zero-order valence-corrected chi connectivity index (χ0v) is 21.6. The molecule has 1 aromatic heterocycles. The highest BCUT2D eigenvalue weighted by atomic mass is 16.6. The number of fused-ring (bicyclic) bond motifs is 1. The van der Waals surface area contributed by atoms with E-state index in [2.05, 4.69) is 39.0 Å². The molecule has 8 heteroatoms. The second-order valence-electron chi connectivity index (χ2n) is 10.1. The van der Waals surface area contributed by atoms with Crippen molar-refractivity contribution in [2.24, 2.45) is 0 Å². The van der Waals surface area contributed by atoms with Gasteiger partial charge in [-0.05, 0) is 42.0 Å². The van der Waals surface area contributed by atoms with Gasteiger partial charge in [-0.15, -0.1) is 0 Å². The zero-order valence-electron chi connectivity index (χ0n) is 21.6. The van der Waals surface area contributed by atoms with Gasteiger partial charge in [0, 0.05) is 64.9 Å². The maximum absolute atomic E-state index is 13.0. The van der Waals surface area contributed by atoms with Crippen LogP contribution in [0.15, 0.2) is 72.9 Å². The minimum absolute atomic E-state index is 0.0110. The van der Waals surface area contributed by atoms with Crippen molar-refractivity contribution >= 4 is 11.7 Å². The zero-order chi connectivity index (χ0) is 25.7. The van der Waals surface area contributed by atoms with Crippen LogP contribution in [0.3, 0.4) is 0 Å². The Hall–Kier alpha value is -3.78. The van der Waals surface area contributed by atoms with Crippen molar-refractivity contribution in [3.63, 3.8) is 0 Å². The van der Waals surface area contributed by atoms with Crippen LogP contribution in [0.2, 0.25) is 0 Å². The normalized spacial score (nSPS) is 20.3. The summed E-state index contributed by atoms with van der Waals surface area (Å²) in [5.41, 5.74) is 1.26. The van der Waals surface area contributed by atoms with Crippen LogP contribution < -0.4 is 19.1 Å². The van der Waals surface area contributed by atoms with Crippen molar-refractivity contribution in [2.45, 2.75) is 31.6 Å². The number of piperazine rings is 1. The number of benzene rings is 2. The average Bonchev–Trinajstić information content (AvgIpc) is 2.98. The number of rotatable bonds is 6. The summed E-state index contributed by atoms with van der Waals surface area (Å²) in [6.07, 6.45) is 2.96. The predicted octanol–water partition coefficient (Wildman–Crippen LogP) is 3.61. The summed E-state index contributed by atoms with van der Waals surface area (Å²) in [5.74, 6) is 3.27. The second kappa shape index (κ2) is 11.3. The van der Waals surface area contributed by atoms with Gasteiger partial charge in [-0.1, -0.05) is 30.3 Å². The quantitative estimate of drug-likeness (QED) is 0.498. The van der Waals surface area contributed by atoms with Crippen LogP contribution in [0.4, 0.5) is 5.82 Å². The molecule has 0 radical (unpaired) electrons. The van der Waals surface area contributed by atoms with Crippen LogP contribution in [0.25, 0.3) is 0 Å². The molecule has 38 heavy (non-hydrogen) atoms. The lowest BCUT2D eigenvalue weighted by Crippen LogP contribution is -2.50. The van der Waals surface area contributed by atoms with Gasteiger partial charge in [0.25, 0.3) is 5.91 Å². The van der Waals surface area contributed by atoms with Crippen molar-refractivity contribution in [2.75, 3.05) is 50.8 Å². The molecule has 8 nitrogen and oxygen atoms in total. The molecule has 2 fully saturated rings. The number of nitrogens with zero attached hydrogens (tertiary/aromatic N) is 4. The van der Waals surface area contributed by atoms with Crippen molar-refractivity contribution in [3.8, 4) is 17.2 Å². The lowest BCUT2D eigenvalue weighted by Gasteiger charge is -2.36. The van der Waals surface area contributed by atoms with Gasteiger partial charge in [-0.2, -0.15) is 0 Å².